The van der Waals surface area contributed by atoms with E-state index in [1.54, 1.807) is 49.4 Å². The third-order valence-electron chi connectivity index (χ3n) is 3.55. The molecule has 0 unspecified atom stereocenters. The van der Waals surface area contributed by atoms with E-state index in [1.807, 2.05) is 0 Å². The number of sulfonamides is 1. The van der Waals surface area contributed by atoms with Crippen LogP contribution in [0, 0.1) is 5.82 Å². The molecule has 1 N–H and O–H groups in total. The lowest BCUT2D eigenvalue weighted by atomic mass is 9.97. The Morgan fingerprint density at radius 2 is 1.62 bits per heavy atom. The largest absolute Gasteiger partial charge is 0.511 e. The summed E-state index contributed by atoms with van der Waals surface area (Å²) in [6, 6.07) is 12.8. The number of alkyl halides is 3. The molecule has 0 fully saturated rings. The van der Waals surface area contributed by atoms with Crippen LogP contribution in [0.3, 0.4) is 0 Å². The summed E-state index contributed by atoms with van der Waals surface area (Å²) in [5.74, 6) is -0.854. The average Bonchev–Trinajstić information content (AvgIpc) is 2.52. The van der Waals surface area contributed by atoms with Gasteiger partial charge in [0.2, 0.25) is 0 Å². The highest BCUT2D eigenvalue weighted by Gasteiger charge is 2.45. The molecule has 0 saturated carbocycles. The monoisotopic (exact) mass is 361 g/mol. The molecule has 0 heterocycles. The van der Waals surface area contributed by atoms with Gasteiger partial charge in [0, 0.05) is 12.1 Å². The van der Waals surface area contributed by atoms with Crippen molar-refractivity contribution in [3.05, 3.63) is 59.9 Å². The van der Waals surface area contributed by atoms with E-state index in [-0.39, 0.29) is 12.4 Å². The molecule has 0 spiro atoms. The highest BCUT2D eigenvalue weighted by molar-refractivity contribution is 7.90. The van der Waals surface area contributed by atoms with Gasteiger partial charge in [0.1, 0.15) is 5.82 Å². The lowest BCUT2D eigenvalue weighted by Crippen LogP contribution is -2.38. The first-order valence-electron chi connectivity index (χ1n) is 7.02. The highest BCUT2D eigenvalue weighted by atomic mass is 32.2. The fraction of sp³-hybridized carbons (Fsp3) is 0.250. The van der Waals surface area contributed by atoms with Crippen molar-refractivity contribution in [2.75, 3.05) is 6.54 Å². The first-order valence-corrected chi connectivity index (χ1v) is 8.51. The van der Waals surface area contributed by atoms with E-state index in [1.165, 1.54) is 10.8 Å². The summed E-state index contributed by atoms with van der Waals surface area (Å²) >= 11 is 0. The minimum atomic E-state index is -5.36. The predicted octanol–water partition coefficient (Wildman–Crippen LogP) is 4.04. The van der Waals surface area contributed by atoms with Crippen LogP contribution < -0.4 is 4.72 Å². The topological polar surface area (TPSA) is 46.2 Å². The van der Waals surface area contributed by atoms with Crippen LogP contribution in [0.15, 0.2) is 48.5 Å². The summed E-state index contributed by atoms with van der Waals surface area (Å²) in [6.45, 7) is 1.21. The molecule has 0 saturated heterocycles. The number of rotatable bonds is 5. The third-order valence-corrected chi connectivity index (χ3v) is 4.70. The molecular weight excluding hydrogens is 346 g/mol. The Morgan fingerprint density at radius 1 is 1.04 bits per heavy atom. The summed E-state index contributed by atoms with van der Waals surface area (Å²) in [5, 5.41) is 0. The van der Waals surface area contributed by atoms with Crippen molar-refractivity contribution in [3.63, 3.8) is 0 Å². The second kappa shape index (κ2) is 6.90. The quantitative estimate of drug-likeness (QED) is 0.817. The molecule has 0 aliphatic carbocycles. The van der Waals surface area contributed by atoms with Gasteiger partial charge in [-0.2, -0.15) is 13.2 Å². The van der Waals surface area contributed by atoms with Gasteiger partial charge < -0.3 is 0 Å². The molecule has 0 aliphatic rings. The number of hydrogen-bond acceptors (Lipinski definition) is 2. The van der Waals surface area contributed by atoms with E-state index in [0.29, 0.717) is 16.7 Å². The van der Waals surface area contributed by atoms with Crippen molar-refractivity contribution >= 4 is 10.0 Å². The van der Waals surface area contributed by atoms with Crippen LogP contribution in [0.1, 0.15) is 18.4 Å². The third kappa shape index (κ3) is 4.12. The molecule has 2 aromatic rings. The van der Waals surface area contributed by atoms with Crippen LogP contribution >= 0.6 is 0 Å². The van der Waals surface area contributed by atoms with E-state index in [0.717, 1.165) is 0 Å². The number of hydrogen-bond donors (Lipinski definition) is 1. The fourth-order valence-corrected chi connectivity index (χ4v) is 2.75. The van der Waals surface area contributed by atoms with Gasteiger partial charge in [-0.3, -0.25) is 0 Å². The lowest BCUT2D eigenvalue weighted by Gasteiger charge is -2.15. The highest BCUT2D eigenvalue weighted by Crippen LogP contribution is 2.26. The minimum Gasteiger partial charge on any atom is -0.207 e. The van der Waals surface area contributed by atoms with Crippen LogP contribution in [0.4, 0.5) is 17.6 Å². The summed E-state index contributed by atoms with van der Waals surface area (Å²) < 4.78 is 74.1. The van der Waals surface area contributed by atoms with Gasteiger partial charge >= 0.3 is 15.5 Å². The molecule has 8 heteroatoms. The molecule has 0 aliphatic heterocycles. The van der Waals surface area contributed by atoms with E-state index >= 15 is 0 Å². The smallest absolute Gasteiger partial charge is 0.207 e. The maximum absolute atomic E-state index is 13.7. The Hall–Kier alpha value is -1.93. The first kappa shape index (κ1) is 18.4. The molecule has 0 bridgehead atoms. The van der Waals surface area contributed by atoms with E-state index in [9.17, 15) is 26.0 Å². The van der Waals surface area contributed by atoms with Gasteiger partial charge in [0.15, 0.2) is 0 Å². The predicted molar refractivity (Wildman–Crippen MR) is 83.2 cm³/mol. The Kier molecular flexibility index (Phi) is 5.29. The normalized spacial score (nSPS) is 13.7. The fourth-order valence-electron chi connectivity index (χ4n) is 2.12. The van der Waals surface area contributed by atoms with Gasteiger partial charge in [0.05, 0.1) is 0 Å². The molecule has 0 radical (unpaired) electrons. The zero-order chi connectivity index (χ0) is 18.0. The molecule has 0 aromatic heterocycles. The van der Waals surface area contributed by atoms with E-state index in [2.05, 4.69) is 0 Å². The Balaban J connectivity index is 2.10. The molecule has 3 nitrogen and oxygen atoms in total. The van der Waals surface area contributed by atoms with Gasteiger partial charge in [0.25, 0.3) is 0 Å². The van der Waals surface area contributed by atoms with Crippen molar-refractivity contribution in [3.8, 4) is 11.1 Å². The second-order valence-electron chi connectivity index (χ2n) is 5.30. The summed E-state index contributed by atoms with van der Waals surface area (Å²) in [5.41, 5.74) is -3.66. The molecule has 2 aromatic carbocycles. The summed E-state index contributed by atoms with van der Waals surface area (Å²) in [4.78, 5) is 0. The van der Waals surface area contributed by atoms with Gasteiger partial charge in [-0.25, -0.2) is 17.5 Å². The molecule has 130 valence electrons. The SMILES string of the molecule is C[C@@H](CNS(=O)(=O)C(F)(F)F)c1ccc(-c2ccccc2F)cc1. The lowest BCUT2D eigenvalue weighted by molar-refractivity contribution is -0.0447. The Morgan fingerprint density at radius 3 is 2.17 bits per heavy atom. The molecule has 2 rings (SSSR count). The minimum absolute atomic E-state index is 0.378. The molecule has 24 heavy (non-hydrogen) atoms. The van der Waals surface area contributed by atoms with E-state index in [4.69, 9.17) is 0 Å². The van der Waals surface area contributed by atoms with Crippen LogP contribution in [-0.2, 0) is 10.0 Å². The van der Waals surface area contributed by atoms with Gasteiger partial charge in [-0.15, -0.1) is 0 Å². The molecule has 0 amide bonds. The van der Waals surface area contributed by atoms with Crippen LogP contribution in [0.25, 0.3) is 11.1 Å². The van der Waals surface area contributed by atoms with Crippen molar-refractivity contribution in [2.24, 2.45) is 0 Å². The Bertz CT molecular complexity index is 802. The zero-order valence-electron chi connectivity index (χ0n) is 12.6. The van der Waals surface area contributed by atoms with Crippen LogP contribution in [0.5, 0.6) is 0 Å². The van der Waals surface area contributed by atoms with Crippen LogP contribution in [-0.4, -0.2) is 20.5 Å². The van der Waals surface area contributed by atoms with Gasteiger partial charge in [-0.1, -0.05) is 49.4 Å². The second-order valence-corrected chi connectivity index (χ2v) is 7.06. The van der Waals surface area contributed by atoms with Crippen molar-refractivity contribution in [2.45, 2.75) is 18.3 Å². The number of benzene rings is 2. The number of nitrogens with one attached hydrogen (secondary N) is 1. The van der Waals surface area contributed by atoms with Gasteiger partial charge in [-0.05, 0) is 23.1 Å². The average molecular weight is 361 g/mol. The maximum Gasteiger partial charge on any atom is 0.511 e. The van der Waals surface area contributed by atoms with E-state index < -0.39 is 21.4 Å². The zero-order valence-corrected chi connectivity index (χ0v) is 13.5. The number of halogens is 4. The van der Waals surface area contributed by atoms with Crippen molar-refractivity contribution in [1.29, 1.82) is 0 Å². The molecular formula is C16H15F4NO2S. The first-order chi connectivity index (χ1) is 11.1. The summed E-state index contributed by atoms with van der Waals surface area (Å²) in [7, 11) is -5.36. The standard InChI is InChI=1S/C16H15F4NO2S/c1-11(10-21-24(22,23)16(18,19)20)12-6-8-13(9-7-12)14-4-2-3-5-15(14)17/h2-9,11,21H,10H2,1H3/t11-/m0/s1. The van der Waals surface area contributed by atoms with Crippen LogP contribution in [0.2, 0.25) is 0 Å². The van der Waals surface area contributed by atoms with Crippen molar-refractivity contribution < 1.29 is 26.0 Å². The molecule has 1 atom stereocenters. The maximum atomic E-state index is 13.7. The summed E-state index contributed by atoms with van der Waals surface area (Å²) in [6.07, 6.45) is 0. The van der Waals surface area contributed by atoms with Crippen molar-refractivity contribution in [1.82, 2.24) is 4.72 Å². The Labute approximate surface area is 137 Å².